The van der Waals surface area contributed by atoms with Crippen molar-refractivity contribution < 1.29 is 14.6 Å². The second kappa shape index (κ2) is 11.2. The first-order chi connectivity index (χ1) is 9.08. The van der Waals surface area contributed by atoms with E-state index in [0.717, 1.165) is 39.3 Å². The molecule has 0 aliphatic carbocycles. The summed E-state index contributed by atoms with van der Waals surface area (Å²) >= 11 is 0. The molecule has 5 nitrogen and oxygen atoms in total. The molecule has 0 radical (unpaired) electrons. The third-order valence-electron chi connectivity index (χ3n) is 3.50. The Morgan fingerprint density at radius 1 is 1.00 bits per heavy atom. The van der Waals surface area contributed by atoms with Gasteiger partial charge in [-0.15, -0.1) is 0 Å². The van der Waals surface area contributed by atoms with Gasteiger partial charge in [0.25, 0.3) is 0 Å². The molecule has 0 amide bonds. The fourth-order valence-electron chi connectivity index (χ4n) is 1.98. The molecule has 5 heteroatoms. The van der Waals surface area contributed by atoms with Crippen LogP contribution in [0.2, 0.25) is 0 Å². The van der Waals surface area contributed by atoms with Crippen LogP contribution in [-0.2, 0) is 9.53 Å². The molecule has 1 N–H and O–H groups in total. The molecule has 114 valence electrons. The Bertz CT molecular complexity index is 229. The highest BCUT2D eigenvalue weighted by Gasteiger charge is 2.18. The van der Waals surface area contributed by atoms with Crippen molar-refractivity contribution in [1.82, 2.24) is 9.80 Å². The van der Waals surface area contributed by atoms with Crippen LogP contribution in [-0.4, -0.2) is 72.9 Å². The minimum absolute atomic E-state index is 0.483. The number of hydrogen-bond donors (Lipinski definition) is 1. The summed E-state index contributed by atoms with van der Waals surface area (Å²) in [4.78, 5) is 15.6. The number of nitrogens with zero attached hydrogens (tertiary/aromatic N) is 2. The summed E-state index contributed by atoms with van der Waals surface area (Å²) in [5.74, 6) is -0.855. The van der Waals surface area contributed by atoms with E-state index in [-0.39, 0.29) is 0 Å². The van der Waals surface area contributed by atoms with Gasteiger partial charge in [-0.25, -0.2) is 4.79 Å². The third kappa shape index (κ3) is 8.18. The Balaban J connectivity index is 4.02. The number of hydrogen-bond acceptors (Lipinski definition) is 4. The second-order valence-corrected chi connectivity index (χ2v) is 4.54. The van der Waals surface area contributed by atoms with Gasteiger partial charge in [-0.1, -0.05) is 27.7 Å². The molecule has 0 rings (SSSR count). The zero-order chi connectivity index (χ0) is 14.7. The van der Waals surface area contributed by atoms with E-state index < -0.39 is 12.1 Å². The molecule has 0 heterocycles. The van der Waals surface area contributed by atoms with Crippen LogP contribution in [0.25, 0.3) is 0 Å². The Morgan fingerprint density at radius 2 is 1.47 bits per heavy atom. The lowest BCUT2D eigenvalue weighted by atomic mass is 10.2. The highest BCUT2D eigenvalue weighted by atomic mass is 16.5. The van der Waals surface area contributed by atoms with Crippen molar-refractivity contribution in [3.63, 3.8) is 0 Å². The van der Waals surface area contributed by atoms with Crippen molar-refractivity contribution in [2.45, 2.75) is 40.2 Å². The van der Waals surface area contributed by atoms with Crippen molar-refractivity contribution in [3.05, 3.63) is 0 Å². The Labute approximate surface area is 117 Å². The first-order valence-corrected chi connectivity index (χ1v) is 7.37. The van der Waals surface area contributed by atoms with Crippen molar-refractivity contribution >= 4 is 5.97 Å². The predicted molar refractivity (Wildman–Crippen MR) is 77.6 cm³/mol. The maximum Gasteiger partial charge on any atom is 0.332 e. The molecule has 0 aromatic heterocycles. The van der Waals surface area contributed by atoms with Crippen molar-refractivity contribution in [2.75, 3.05) is 45.9 Å². The van der Waals surface area contributed by atoms with Gasteiger partial charge in [0.05, 0.1) is 6.61 Å². The highest BCUT2D eigenvalue weighted by Crippen LogP contribution is 2.02. The van der Waals surface area contributed by atoms with Crippen LogP contribution in [0.3, 0.4) is 0 Å². The second-order valence-electron chi connectivity index (χ2n) is 4.54. The van der Waals surface area contributed by atoms with Gasteiger partial charge in [-0.2, -0.15) is 0 Å². The van der Waals surface area contributed by atoms with Crippen LogP contribution < -0.4 is 0 Å². The number of likely N-dealkylation sites (N-methyl/N-ethyl adjacent to an activating group) is 1. The summed E-state index contributed by atoms with van der Waals surface area (Å²) in [6.45, 7) is 14.2. The predicted octanol–water partition coefficient (Wildman–Crippen LogP) is 1.53. The van der Waals surface area contributed by atoms with Gasteiger partial charge in [-0.05, 0) is 32.6 Å². The van der Waals surface area contributed by atoms with E-state index in [4.69, 9.17) is 9.84 Å². The average molecular weight is 274 g/mol. The van der Waals surface area contributed by atoms with Gasteiger partial charge in [-0.3, -0.25) is 0 Å². The fraction of sp³-hybridized carbons (Fsp3) is 0.929. The summed E-state index contributed by atoms with van der Waals surface area (Å²) in [6.07, 6.45) is -0.133. The quantitative estimate of drug-likeness (QED) is 0.585. The Kier molecular flexibility index (Phi) is 10.8. The zero-order valence-corrected chi connectivity index (χ0v) is 12.9. The summed E-state index contributed by atoms with van der Waals surface area (Å²) in [5, 5.41) is 9.15. The molecular formula is C14H30N2O3. The lowest BCUT2D eigenvalue weighted by molar-refractivity contribution is -0.151. The van der Waals surface area contributed by atoms with Crippen molar-refractivity contribution in [2.24, 2.45) is 0 Å². The van der Waals surface area contributed by atoms with Crippen LogP contribution in [0.1, 0.15) is 34.1 Å². The van der Waals surface area contributed by atoms with E-state index in [0.29, 0.717) is 13.0 Å². The number of carboxylic acid groups (broad SMARTS) is 1. The van der Waals surface area contributed by atoms with E-state index >= 15 is 0 Å². The van der Waals surface area contributed by atoms with Crippen molar-refractivity contribution in [1.29, 1.82) is 0 Å². The summed E-state index contributed by atoms with van der Waals surface area (Å²) in [6, 6.07) is 0. The Hall–Kier alpha value is -0.650. The summed E-state index contributed by atoms with van der Waals surface area (Å²) in [5.41, 5.74) is 0. The molecule has 0 aromatic carbocycles. The van der Waals surface area contributed by atoms with E-state index in [1.807, 2.05) is 0 Å². The summed E-state index contributed by atoms with van der Waals surface area (Å²) in [7, 11) is 0. The number of carboxylic acids is 1. The molecule has 0 aliphatic heterocycles. The van der Waals surface area contributed by atoms with Crippen LogP contribution in [0.5, 0.6) is 0 Å². The first kappa shape index (κ1) is 18.4. The van der Waals surface area contributed by atoms with Crippen LogP contribution in [0.4, 0.5) is 0 Å². The largest absolute Gasteiger partial charge is 0.479 e. The van der Waals surface area contributed by atoms with Crippen LogP contribution in [0.15, 0.2) is 0 Å². The van der Waals surface area contributed by atoms with Crippen LogP contribution in [0, 0.1) is 0 Å². The van der Waals surface area contributed by atoms with Crippen LogP contribution >= 0.6 is 0 Å². The monoisotopic (exact) mass is 274 g/mol. The molecule has 0 spiro atoms. The maximum atomic E-state index is 11.1. The molecule has 0 fully saturated rings. The smallest absolute Gasteiger partial charge is 0.332 e. The lowest BCUT2D eigenvalue weighted by Gasteiger charge is -2.22. The molecule has 0 saturated heterocycles. The minimum atomic E-state index is -0.855. The van der Waals surface area contributed by atoms with E-state index in [1.54, 1.807) is 0 Å². The average Bonchev–Trinajstić information content (AvgIpc) is 2.41. The number of rotatable bonds is 12. The Morgan fingerprint density at radius 3 is 1.89 bits per heavy atom. The van der Waals surface area contributed by atoms with Gasteiger partial charge >= 0.3 is 5.97 Å². The van der Waals surface area contributed by atoms with E-state index in [2.05, 4.69) is 37.5 Å². The molecule has 1 atom stereocenters. The van der Waals surface area contributed by atoms with E-state index in [1.165, 1.54) is 0 Å². The van der Waals surface area contributed by atoms with Gasteiger partial charge in [0.15, 0.2) is 6.10 Å². The minimum Gasteiger partial charge on any atom is -0.479 e. The number of aliphatic carboxylic acids is 1. The lowest BCUT2D eigenvalue weighted by Crippen LogP contribution is -2.34. The first-order valence-electron chi connectivity index (χ1n) is 7.37. The zero-order valence-electron chi connectivity index (χ0n) is 12.9. The third-order valence-corrected chi connectivity index (χ3v) is 3.50. The maximum absolute atomic E-state index is 11.1. The van der Waals surface area contributed by atoms with E-state index in [9.17, 15) is 4.79 Å². The standard InChI is InChI=1S/C14H30N2O3/c1-5-15(6-2)10-9-13(14(17)18)19-12-11-16(7-3)8-4/h13H,5-12H2,1-4H3,(H,17,18). The molecule has 0 aromatic rings. The topological polar surface area (TPSA) is 53.0 Å². The van der Waals surface area contributed by atoms with Gasteiger partial charge in [0.2, 0.25) is 0 Å². The normalized spacial score (nSPS) is 13.2. The molecule has 0 saturated carbocycles. The highest BCUT2D eigenvalue weighted by molar-refractivity contribution is 5.72. The summed E-state index contributed by atoms with van der Waals surface area (Å²) < 4.78 is 5.51. The fourth-order valence-corrected chi connectivity index (χ4v) is 1.98. The molecule has 0 aliphatic rings. The molecule has 19 heavy (non-hydrogen) atoms. The van der Waals surface area contributed by atoms with Gasteiger partial charge < -0.3 is 19.6 Å². The van der Waals surface area contributed by atoms with Gasteiger partial charge in [0, 0.05) is 13.1 Å². The number of ether oxygens (including phenoxy) is 1. The SMILES string of the molecule is CCN(CC)CCOC(CCN(CC)CC)C(=O)O. The van der Waals surface area contributed by atoms with Gasteiger partial charge in [0.1, 0.15) is 0 Å². The number of carbonyl (C=O) groups is 1. The van der Waals surface area contributed by atoms with Crippen molar-refractivity contribution in [3.8, 4) is 0 Å². The molecule has 1 unspecified atom stereocenters. The molecule has 0 bridgehead atoms. The molecular weight excluding hydrogens is 244 g/mol.